The van der Waals surface area contributed by atoms with E-state index in [-0.39, 0.29) is 5.91 Å². The van der Waals surface area contributed by atoms with Crippen molar-refractivity contribution in [2.75, 3.05) is 11.4 Å². The minimum atomic E-state index is 0.0902. The monoisotopic (exact) mass is 391 g/mol. The zero-order valence-corrected chi connectivity index (χ0v) is 17.4. The molecule has 2 heterocycles. The number of nitrogens with zero attached hydrogens (tertiary/aromatic N) is 1. The van der Waals surface area contributed by atoms with Crippen molar-refractivity contribution in [3.8, 4) is 5.75 Å². The van der Waals surface area contributed by atoms with Crippen LogP contribution < -0.4 is 9.64 Å². The Labute approximate surface area is 170 Å². The van der Waals surface area contributed by atoms with Crippen LogP contribution in [0, 0.1) is 20.8 Å². The Morgan fingerprint density at radius 2 is 1.82 bits per heavy atom. The molecular formula is C24H25NO2S. The van der Waals surface area contributed by atoms with Crippen molar-refractivity contribution in [1.29, 1.82) is 0 Å². The Balaban J connectivity index is 1.48. The van der Waals surface area contributed by atoms with E-state index in [0.717, 1.165) is 41.3 Å². The predicted octanol–water partition coefficient (Wildman–Crippen LogP) is 5.85. The first kappa shape index (κ1) is 18.8. The Morgan fingerprint density at radius 3 is 2.61 bits per heavy atom. The minimum Gasteiger partial charge on any atom is -0.489 e. The highest BCUT2D eigenvalue weighted by Gasteiger charge is 2.24. The summed E-state index contributed by atoms with van der Waals surface area (Å²) in [6.45, 7) is 7.49. The summed E-state index contributed by atoms with van der Waals surface area (Å²) >= 11 is 1.50. The van der Waals surface area contributed by atoms with E-state index >= 15 is 0 Å². The number of rotatable bonds is 4. The van der Waals surface area contributed by atoms with Crippen LogP contribution in [0.1, 0.15) is 43.9 Å². The second kappa shape index (κ2) is 7.80. The van der Waals surface area contributed by atoms with E-state index in [0.29, 0.717) is 6.61 Å². The number of carbonyl (C=O) groups excluding carboxylic acids is 1. The molecule has 3 nitrogen and oxygen atoms in total. The van der Waals surface area contributed by atoms with Crippen molar-refractivity contribution in [2.45, 2.75) is 40.2 Å². The molecule has 0 N–H and O–H groups in total. The van der Waals surface area contributed by atoms with E-state index in [1.165, 1.54) is 33.6 Å². The number of aryl methyl sites for hydroxylation is 4. The molecule has 1 aliphatic rings. The number of carbonyl (C=O) groups is 1. The van der Waals surface area contributed by atoms with Gasteiger partial charge in [0.15, 0.2) is 0 Å². The topological polar surface area (TPSA) is 29.5 Å². The summed E-state index contributed by atoms with van der Waals surface area (Å²) in [6, 6.07) is 14.5. The smallest absolute Gasteiger partial charge is 0.268 e. The number of hydrogen-bond donors (Lipinski definition) is 0. The molecule has 0 aliphatic carbocycles. The van der Waals surface area contributed by atoms with E-state index in [1.807, 2.05) is 28.5 Å². The van der Waals surface area contributed by atoms with E-state index < -0.39 is 0 Å². The molecule has 0 spiro atoms. The first-order valence-electron chi connectivity index (χ1n) is 9.69. The molecule has 0 fully saturated rings. The van der Waals surface area contributed by atoms with Crippen LogP contribution in [-0.2, 0) is 13.0 Å². The molecule has 2 aromatic carbocycles. The molecule has 0 saturated heterocycles. The molecule has 0 bridgehead atoms. The Bertz CT molecular complexity index is 1000. The molecule has 0 radical (unpaired) electrons. The summed E-state index contributed by atoms with van der Waals surface area (Å²) in [7, 11) is 0. The fourth-order valence-electron chi connectivity index (χ4n) is 3.82. The van der Waals surface area contributed by atoms with Gasteiger partial charge in [-0.3, -0.25) is 4.79 Å². The lowest BCUT2D eigenvalue weighted by molar-refractivity contribution is 0.0989. The number of anilines is 1. The van der Waals surface area contributed by atoms with Crippen molar-refractivity contribution >= 4 is 22.9 Å². The molecule has 28 heavy (non-hydrogen) atoms. The number of fused-ring (bicyclic) bond motifs is 1. The number of benzene rings is 2. The van der Waals surface area contributed by atoms with Crippen molar-refractivity contribution in [3.05, 3.63) is 80.5 Å². The van der Waals surface area contributed by atoms with Gasteiger partial charge in [-0.2, -0.15) is 0 Å². The number of amides is 1. The molecule has 1 aliphatic heterocycles. The van der Waals surface area contributed by atoms with Gasteiger partial charge in [0, 0.05) is 17.8 Å². The van der Waals surface area contributed by atoms with Crippen LogP contribution in [0.3, 0.4) is 0 Å². The summed E-state index contributed by atoms with van der Waals surface area (Å²) in [5.74, 6) is 0.962. The fraction of sp³-hybridized carbons (Fsp3) is 0.292. The Morgan fingerprint density at radius 1 is 1.04 bits per heavy atom. The van der Waals surface area contributed by atoms with Gasteiger partial charge in [-0.1, -0.05) is 23.8 Å². The van der Waals surface area contributed by atoms with Gasteiger partial charge >= 0.3 is 0 Å². The highest BCUT2D eigenvalue weighted by molar-refractivity contribution is 7.12. The highest BCUT2D eigenvalue weighted by atomic mass is 32.1. The van der Waals surface area contributed by atoms with E-state index in [1.54, 1.807) is 0 Å². The lowest BCUT2D eigenvalue weighted by atomic mass is 9.99. The van der Waals surface area contributed by atoms with Crippen LogP contribution in [0.5, 0.6) is 5.75 Å². The van der Waals surface area contributed by atoms with Crippen molar-refractivity contribution in [1.82, 2.24) is 0 Å². The number of ether oxygens (including phenoxy) is 1. The van der Waals surface area contributed by atoms with Gasteiger partial charge in [0.1, 0.15) is 12.4 Å². The quantitative estimate of drug-likeness (QED) is 0.559. The SMILES string of the molecule is Cc1cc(C)cc(OCc2csc(C(=O)N3CCCc4cc(C)ccc43)c2)c1. The predicted molar refractivity (Wildman–Crippen MR) is 116 cm³/mol. The van der Waals surface area contributed by atoms with Crippen LogP contribution in [0.4, 0.5) is 5.69 Å². The Kier molecular flexibility index (Phi) is 5.23. The Hall–Kier alpha value is -2.59. The first-order valence-corrected chi connectivity index (χ1v) is 10.6. The van der Waals surface area contributed by atoms with Gasteiger partial charge in [0.25, 0.3) is 5.91 Å². The summed E-state index contributed by atoms with van der Waals surface area (Å²) in [4.78, 5) is 15.8. The molecule has 0 saturated carbocycles. The molecule has 4 heteroatoms. The van der Waals surface area contributed by atoms with E-state index in [9.17, 15) is 4.79 Å². The largest absolute Gasteiger partial charge is 0.489 e. The zero-order chi connectivity index (χ0) is 19.7. The number of hydrogen-bond acceptors (Lipinski definition) is 3. The van der Waals surface area contributed by atoms with Gasteiger partial charge in [-0.05, 0) is 79.9 Å². The molecular weight excluding hydrogens is 366 g/mol. The second-order valence-corrected chi connectivity index (χ2v) is 8.54. The average molecular weight is 392 g/mol. The molecule has 0 unspecified atom stereocenters. The molecule has 3 aromatic rings. The lowest BCUT2D eigenvalue weighted by Gasteiger charge is -2.29. The normalized spacial score (nSPS) is 13.3. The summed E-state index contributed by atoms with van der Waals surface area (Å²) < 4.78 is 5.94. The lowest BCUT2D eigenvalue weighted by Crippen LogP contribution is -2.35. The molecule has 1 aromatic heterocycles. The maximum Gasteiger partial charge on any atom is 0.268 e. The second-order valence-electron chi connectivity index (χ2n) is 7.62. The molecule has 144 valence electrons. The van der Waals surface area contributed by atoms with Crippen molar-refractivity contribution < 1.29 is 9.53 Å². The van der Waals surface area contributed by atoms with Crippen LogP contribution >= 0.6 is 11.3 Å². The van der Waals surface area contributed by atoms with Crippen LogP contribution in [0.2, 0.25) is 0 Å². The number of thiophene rings is 1. The van der Waals surface area contributed by atoms with E-state index in [4.69, 9.17) is 4.74 Å². The zero-order valence-electron chi connectivity index (χ0n) is 16.6. The molecule has 1 amide bonds. The van der Waals surface area contributed by atoms with Gasteiger partial charge in [-0.15, -0.1) is 11.3 Å². The maximum absolute atomic E-state index is 13.1. The summed E-state index contributed by atoms with van der Waals surface area (Å²) in [5.41, 5.74) is 6.99. The van der Waals surface area contributed by atoms with Crippen LogP contribution in [0.15, 0.2) is 47.8 Å². The highest BCUT2D eigenvalue weighted by Crippen LogP contribution is 2.30. The van der Waals surface area contributed by atoms with Crippen LogP contribution in [-0.4, -0.2) is 12.5 Å². The minimum absolute atomic E-state index is 0.0902. The molecule has 0 atom stereocenters. The first-order chi connectivity index (χ1) is 13.5. The molecule has 4 rings (SSSR count). The van der Waals surface area contributed by atoms with Gasteiger partial charge in [0.05, 0.1) is 4.88 Å². The van der Waals surface area contributed by atoms with E-state index in [2.05, 4.69) is 45.0 Å². The summed E-state index contributed by atoms with van der Waals surface area (Å²) in [5, 5.41) is 2.02. The third-order valence-corrected chi connectivity index (χ3v) is 6.03. The van der Waals surface area contributed by atoms with Crippen molar-refractivity contribution in [2.24, 2.45) is 0 Å². The van der Waals surface area contributed by atoms with Gasteiger partial charge < -0.3 is 9.64 Å². The van der Waals surface area contributed by atoms with Crippen LogP contribution in [0.25, 0.3) is 0 Å². The van der Waals surface area contributed by atoms with Crippen molar-refractivity contribution in [3.63, 3.8) is 0 Å². The van der Waals surface area contributed by atoms with Gasteiger partial charge in [-0.25, -0.2) is 0 Å². The maximum atomic E-state index is 13.1. The standard InChI is InChI=1S/C24H25NO2S/c1-16-6-7-22-20(10-16)5-4-8-25(22)24(26)23-13-19(15-28-23)14-27-21-11-17(2)9-18(3)12-21/h6-7,9-13,15H,4-5,8,14H2,1-3H3. The fourth-order valence-corrected chi connectivity index (χ4v) is 4.66. The van der Waals surface area contributed by atoms with Gasteiger partial charge in [0.2, 0.25) is 0 Å². The third kappa shape index (κ3) is 3.97. The third-order valence-electron chi connectivity index (χ3n) is 5.06. The summed E-state index contributed by atoms with van der Waals surface area (Å²) in [6.07, 6.45) is 2.05. The average Bonchev–Trinajstić information content (AvgIpc) is 3.13.